The molecule has 0 aromatic heterocycles. The third-order valence-corrected chi connectivity index (χ3v) is 10.8. The highest BCUT2D eigenvalue weighted by molar-refractivity contribution is 7.98. The highest BCUT2D eigenvalue weighted by Gasteiger charge is 2.20. The van der Waals surface area contributed by atoms with Gasteiger partial charge in [-0.3, -0.25) is 28.5 Å². The van der Waals surface area contributed by atoms with Crippen molar-refractivity contribution in [2.75, 3.05) is 39.3 Å². The highest BCUT2D eigenvalue weighted by atomic mass is 32.2. The van der Waals surface area contributed by atoms with E-state index in [1.54, 1.807) is 37.7 Å². The van der Waals surface area contributed by atoms with Crippen molar-refractivity contribution >= 4 is 85.9 Å². The molecule has 0 aliphatic heterocycles. The summed E-state index contributed by atoms with van der Waals surface area (Å²) in [4.78, 5) is 39.1. The maximum Gasteiger partial charge on any atom is 0.308 e. The summed E-state index contributed by atoms with van der Waals surface area (Å²) in [5, 5.41) is 15.2. The van der Waals surface area contributed by atoms with Crippen molar-refractivity contribution in [1.82, 2.24) is 30.1 Å². The first-order valence-electron chi connectivity index (χ1n) is 17.5. The minimum Gasteiger partial charge on any atom is -0.426 e. The van der Waals surface area contributed by atoms with Crippen LogP contribution in [-0.2, 0) is 14.4 Å². The lowest BCUT2D eigenvalue weighted by atomic mass is 9.93. The van der Waals surface area contributed by atoms with Crippen LogP contribution in [0.5, 0.6) is 5.75 Å². The van der Waals surface area contributed by atoms with Crippen LogP contribution in [0.25, 0.3) is 32.3 Å². The fourth-order valence-corrected chi connectivity index (χ4v) is 7.96. The predicted octanol–water partition coefficient (Wildman–Crippen LogP) is 7.53. The van der Waals surface area contributed by atoms with Gasteiger partial charge in [-0.2, -0.15) is 0 Å². The third-order valence-electron chi connectivity index (χ3n) is 8.11. The molecule has 53 heavy (non-hydrogen) atoms. The average molecular weight is 775 g/mol. The number of carbonyl (C=O) groups excluding carboxylic acids is 3. The minimum atomic E-state index is -0.382. The Kier molecular flexibility index (Phi) is 16.1. The van der Waals surface area contributed by atoms with Gasteiger partial charge >= 0.3 is 5.97 Å². The quantitative estimate of drug-likeness (QED) is 0.00850. The summed E-state index contributed by atoms with van der Waals surface area (Å²) >= 11 is 4.63. The minimum absolute atomic E-state index is 0.139. The summed E-state index contributed by atoms with van der Waals surface area (Å²) in [7, 11) is 0. The van der Waals surface area contributed by atoms with Gasteiger partial charge in [-0.15, -0.1) is 0 Å². The van der Waals surface area contributed by atoms with E-state index < -0.39 is 0 Å². The second-order valence-corrected chi connectivity index (χ2v) is 15.5. The van der Waals surface area contributed by atoms with E-state index in [4.69, 9.17) is 4.74 Å². The number of rotatable bonds is 23. The van der Waals surface area contributed by atoms with Crippen LogP contribution in [0.4, 0.5) is 0 Å². The summed E-state index contributed by atoms with van der Waals surface area (Å²) in [6.45, 7) is 26.0. The van der Waals surface area contributed by atoms with E-state index in [9.17, 15) is 14.4 Å². The van der Waals surface area contributed by atoms with E-state index in [-0.39, 0.29) is 17.8 Å². The van der Waals surface area contributed by atoms with Gasteiger partial charge in [0.1, 0.15) is 5.75 Å². The van der Waals surface area contributed by atoms with Crippen molar-refractivity contribution in [3.63, 3.8) is 0 Å². The van der Waals surface area contributed by atoms with Crippen LogP contribution in [0.2, 0.25) is 0 Å². The van der Waals surface area contributed by atoms with Crippen LogP contribution in [0.1, 0.15) is 47.0 Å². The third kappa shape index (κ3) is 11.8. The van der Waals surface area contributed by atoms with Crippen LogP contribution in [0.15, 0.2) is 99.8 Å². The zero-order valence-electron chi connectivity index (χ0n) is 31.0. The Morgan fingerprint density at radius 1 is 0.547 bits per heavy atom. The normalized spacial score (nSPS) is 11.2. The number of hydrogen-bond donors (Lipinski definition) is 6. The van der Waals surface area contributed by atoms with Gasteiger partial charge < -0.3 is 20.7 Å². The van der Waals surface area contributed by atoms with Crippen molar-refractivity contribution in [1.29, 1.82) is 0 Å². The number of amides is 2. The summed E-state index contributed by atoms with van der Waals surface area (Å²) in [6.07, 6.45) is 2.38. The molecule has 6 N–H and O–H groups in total. The SMILES string of the molecule is C=C(C)C(=C)NCCCNSc1cc(OC(C)=O)c2ccc3c(SNCCCNC(=O)C(=C)C)cc(SNCCCNC(=O)C(=C)C)c4ccc1c2c34. The molecule has 0 aliphatic carbocycles. The molecule has 0 radical (unpaired) electrons. The Morgan fingerprint density at radius 2 is 0.943 bits per heavy atom. The van der Waals surface area contributed by atoms with E-state index in [2.05, 4.69) is 80.7 Å². The van der Waals surface area contributed by atoms with Crippen LogP contribution in [0, 0.1) is 0 Å². The van der Waals surface area contributed by atoms with E-state index >= 15 is 0 Å². The number of benzene rings is 4. The molecule has 0 spiro atoms. The number of carbonyl (C=O) groups is 3. The van der Waals surface area contributed by atoms with E-state index in [1.165, 1.54) is 18.9 Å². The van der Waals surface area contributed by atoms with E-state index in [1.807, 2.05) is 19.1 Å². The molecule has 0 atom stereocenters. The summed E-state index contributed by atoms with van der Waals surface area (Å²) in [5.74, 6) is -0.146. The van der Waals surface area contributed by atoms with Gasteiger partial charge in [-0.25, -0.2) is 0 Å². The molecule has 0 heterocycles. The predicted molar refractivity (Wildman–Crippen MR) is 224 cm³/mol. The molecule has 0 saturated carbocycles. The molecule has 4 aromatic rings. The van der Waals surface area contributed by atoms with Crippen molar-refractivity contribution in [2.45, 2.75) is 61.6 Å². The average Bonchev–Trinajstić information content (AvgIpc) is 3.12. The van der Waals surface area contributed by atoms with Crippen molar-refractivity contribution in [3.8, 4) is 5.75 Å². The molecule has 0 saturated heterocycles. The molecule has 0 aliphatic rings. The van der Waals surface area contributed by atoms with Gasteiger partial charge in [0.05, 0.1) is 0 Å². The smallest absolute Gasteiger partial charge is 0.308 e. The van der Waals surface area contributed by atoms with Crippen molar-refractivity contribution in [2.24, 2.45) is 0 Å². The summed E-state index contributed by atoms with van der Waals surface area (Å²) < 4.78 is 16.3. The number of hydrogen-bond acceptors (Lipinski definition) is 11. The van der Waals surface area contributed by atoms with Gasteiger partial charge in [0, 0.05) is 88.5 Å². The lowest BCUT2D eigenvalue weighted by molar-refractivity contribution is -0.131. The number of allylic oxidation sites excluding steroid dienone is 1. The molecule has 13 heteroatoms. The van der Waals surface area contributed by atoms with E-state index in [0.717, 1.165) is 90.6 Å². The zero-order chi connectivity index (χ0) is 38.5. The van der Waals surface area contributed by atoms with Crippen molar-refractivity contribution in [3.05, 3.63) is 85.1 Å². The Morgan fingerprint density at radius 3 is 1.36 bits per heavy atom. The number of nitrogens with one attached hydrogen (secondary N) is 6. The lowest BCUT2D eigenvalue weighted by Gasteiger charge is -2.20. The molecule has 4 aromatic carbocycles. The molecule has 4 rings (SSSR count). The van der Waals surface area contributed by atoms with Gasteiger partial charge in [-0.05, 0) is 121 Å². The second-order valence-electron chi connectivity index (χ2n) is 12.7. The molecule has 0 fully saturated rings. The standard InChI is InChI=1S/C40H50N6O4S3/c1-24(2)27(7)41-16-9-19-44-51-34-22-33(50-28(8)47)29-12-13-31-35(52-45-20-10-17-42-39(48)25(3)4)23-36(32-15-14-30(34)37(29)38(31)32)53-46-21-11-18-43-40(49)26(5)6/h12-15,22-23,41,44-46H,1,3,5,7,9-11,16-21H2,2,4,6,8H3,(H,42,48)(H,43,49). The first kappa shape index (κ1) is 41.8. The topological polar surface area (TPSA) is 133 Å². The molecule has 10 nitrogen and oxygen atoms in total. The molecule has 282 valence electrons. The van der Waals surface area contributed by atoms with Crippen LogP contribution in [0.3, 0.4) is 0 Å². The zero-order valence-corrected chi connectivity index (χ0v) is 33.5. The lowest BCUT2D eigenvalue weighted by Crippen LogP contribution is -2.26. The van der Waals surface area contributed by atoms with Gasteiger partial charge in [0.2, 0.25) is 11.8 Å². The van der Waals surface area contributed by atoms with Crippen LogP contribution >= 0.6 is 35.8 Å². The van der Waals surface area contributed by atoms with Crippen LogP contribution in [-0.4, -0.2) is 57.1 Å². The largest absolute Gasteiger partial charge is 0.426 e. The maximum absolute atomic E-state index is 12.3. The molecule has 0 bridgehead atoms. The van der Waals surface area contributed by atoms with Crippen LogP contribution < -0.4 is 34.9 Å². The summed E-state index contributed by atoms with van der Waals surface area (Å²) in [5.41, 5.74) is 2.74. The monoisotopic (exact) mass is 774 g/mol. The fraction of sp³-hybridized carbons (Fsp3) is 0.325. The molecule has 0 unspecified atom stereocenters. The Labute approximate surface area is 325 Å². The highest BCUT2D eigenvalue weighted by Crippen LogP contribution is 2.47. The first-order chi connectivity index (χ1) is 25.4. The maximum atomic E-state index is 12.3. The van der Waals surface area contributed by atoms with Gasteiger partial charge in [0.15, 0.2) is 0 Å². The Bertz CT molecular complexity index is 1960. The Hall–Kier alpha value is -3.98. The first-order valence-corrected chi connectivity index (χ1v) is 20.0. The van der Waals surface area contributed by atoms with E-state index in [0.29, 0.717) is 43.1 Å². The number of ether oxygens (including phenoxy) is 1. The fourth-order valence-electron chi connectivity index (χ4n) is 5.32. The van der Waals surface area contributed by atoms with Gasteiger partial charge in [-0.1, -0.05) is 44.5 Å². The molecular formula is C40H50N6O4S3. The molecular weight excluding hydrogens is 725 g/mol. The van der Waals surface area contributed by atoms with Gasteiger partial charge in [0.25, 0.3) is 0 Å². The number of esters is 1. The van der Waals surface area contributed by atoms with Crippen molar-refractivity contribution < 1.29 is 19.1 Å². The molecule has 2 amide bonds. The second kappa shape index (κ2) is 20.5. The Balaban J connectivity index is 1.65. The summed E-state index contributed by atoms with van der Waals surface area (Å²) in [6, 6.07) is 12.6.